The smallest absolute Gasteiger partial charge is 0.166 e. The van der Waals surface area contributed by atoms with Crippen molar-refractivity contribution >= 4 is 16.7 Å². The van der Waals surface area contributed by atoms with E-state index in [1.807, 2.05) is 18.2 Å². The van der Waals surface area contributed by atoms with Crippen molar-refractivity contribution in [3.8, 4) is 5.75 Å². The molecule has 3 heteroatoms. The van der Waals surface area contributed by atoms with Crippen LogP contribution in [0.3, 0.4) is 0 Å². The molecule has 3 nitrogen and oxygen atoms in total. The van der Waals surface area contributed by atoms with Gasteiger partial charge in [0.05, 0.1) is 5.56 Å². The van der Waals surface area contributed by atoms with Crippen molar-refractivity contribution in [3.63, 3.8) is 0 Å². The predicted molar refractivity (Wildman–Crippen MR) is 127 cm³/mol. The molecule has 1 heterocycles. The Hall–Kier alpha value is -2.16. The maximum absolute atomic E-state index is 12.4. The lowest BCUT2D eigenvalue weighted by molar-refractivity contribution is 0.0976. The van der Waals surface area contributed by atoms with E-state index in [0.29, 0.717) is 17.5 Å². The molecule has 0 saturated carbocycles. The first-order valence-corrected chi connectivity index (χ1v) is 12.0. The average molecular weight is 410 g/mol. The molecule has 0 saturated heterocycles. The third-order valence-corrected chi connectivity index (χ3v) is 5.71. The molecule has 0 spiro atoms. The van der Waals surface area contributed by atoms with Gasteiger partial charge in [-0.1, -0.05) is 82.6 Å². The van der Waals surface area contributed by atoms with E-state index < -0.39 is 0 Å². The number of allylic oxidation sites excluding steroid dienone is 2. The van der Waals surface area contributed by atoms with E-state index in [1.54, 1.807) is 12.3 Å². The fourth-order valence-corrected chi connectivity index (χ4v) is 3.85. The van der Waals surface area contributed by atoms with Gasteiger partial charge in [-0.3, -0.25) is 9.78 Å². The number of Topliss-reactive ketones (excluding diaryl/α,β-unsaturated/α-hetero) is 1. The predicted octanol–water partition coefficient (Wildman–Crippen LogP) is 8.16. The van der Waals surface area contributed by atoms with E-state index in [1.165, 1.54) is 70.6 Å². The highest BCUT2D eigenvalue weighted by Crippen LogP contribution is 2.28. The Morgan fingerprint density at radius 3 is 2.20 bits per heavy atom. The van der Waals surface area contributed by atoms with E-state index in [0.717, 1.165) is 18.2 Å². The highest BCUT2D eigenvalue weighted by molar-refractivity contribution is 6.03. The number of nitrogens with zero attached hydrogens (tertiary/aromatic N) is 1. The quantitative estimate of drug-likeness (QED) is 0.173. The molecular formula is C27H39NO2. The second-order valence-electron chi connectivity index (χ2n) is 8.29. The Bertz CT molecular complexity index is 782. The van der Waals surface area contributed by atoms with Crippen LogP contribution in [-0.4, -0.2) is 15.9 Å². The number of fused-ring (bicyclic) bond motifs is 1. The van der Waals surface area contributed by atoms with Crippen molar-refractivity contribution in [2.45, 2.75) is 96.8 Å². The van der Waals surface area contributed by atoms with Crippen molar-refractivity contribution in [3.05, 3.63) is 48.2 Å². The van der Waals surface area contributed by atoms with Crippen LogP contribution in [0.1, 0.15) is 107 Å². The van der Waals surface area contributed by atoms with Gasteiger partial charge in [0.25, 0.3) is 0 Å². The molecule has 0 aliphatic carbocycles. The van der Waals surface area contributed by atoms with Crippen molar-refractivity contribution < 1.29 is 9.90 Å². The number of carbonyl (C=O) groups excluding carboxylic acids is 1. The van der Waals surface area contributed by atoms with Gasteiger partial charge in [-0.05, 0) is 44.2 Å². The summed E-state index contributed by atoms with van der Waals surface area (Å²) in [6.45, 7) is 2.26. The summed E-state index contributed by atoms with van der Waals surface area (Å²) in [5.41, 5.74) is 0.907. The molecule has 0 aliphatic rings. The van der Waals surface area contributed by atoms with Gasteiger partial charge in [0.2, 0.25) is 0 Å². The molecule has 1 aromatic carbocycles. The maximum Gasteiger partial charge on any atom is 0.166 e. The summed E-state index contributed by atoms with van der Waals surface area (Å²) in [6, 6.07) is 7.29. The zero-order valence-corrected chi connectivity index (χ0v) is 18.7. The summed E-state index contributed by atoms with van der Waals surface area (Å²) in [5.74, 6) is 0.0310. The van der Waals surface area contributed by atoms with Gasteiger partial charge >= 0.3 is 0 Å². The molecule has 0 unspecified atom stereocenters. The van der Waals surface area contributed by atoms with Crippen molar-refractivity contribution in [2.24, 2.45) is 0 Å². The SMILES string of the molecule is CCCCCCCC/C=C\CCCCCCCC(=O)c1ccc2cccnc2c1O. The number of phenols is 1. The summed E-state index contributed by atoms with van der Waals surface area (Å²) >= 11 is 0. The minimum absolute atomic E-state index is 0.0117. The molecule has 0 atom stereocenters. The third-order valence-electron chi connectivity index (χ3n) is 5.71. The standard InChI is InChI=1S/C27H39NO2/c1-2-3-4-5-6-7-8-9-10-11-12-13-14-15-16-19-25(29)24-21-20-23-18-17-22-28-26(23)27(24)30/h9-10,17-18,20-22,30H,2-8,11-16,19H2,1H3/b10-9-. The summed E-state index contributed by atoms with van der Waals surface area (Å²) in [6.07, 6.45) is 23.0. The molecule has 2 aromatic rings. The van der Waals surface area contributed by atoms with Crippen LogP contribution >= 0.6 is 0 Å². The monoisotopic (exact) mass is 409 g/mol. The highest BCUT2D eigenvalue weighted by Gasteiger charge is 2.14. The van der Waals surface area contributed by atoms with Crippen LogP contribution in [0.25, 0.3) is 10.9 Å². The first kappa shape index (κ1) is 24.1. The van der Waals surface area contributed by atoms with Crippen LogP contribution in [0.5, 0.6) is 5.75 Å². The number of aromatic hydroxyl groups is 1. The Labute approximate surface area is 182 Å². The number of ketones is 1. The fourth-order valence-electron chi connectivity index (χ4n) is 3.85. The number of unbranched alkanes of at least 4 members (excludes halogenated alkanes) is 11. The van der Waals surface area contributed by atoms with E-state index in [-0.39, 0.29) is 11.5 Å². The summed E-state index contributed by atoms with van der Waals surface area (Å²) < 4.78 is 0. The lowest BCUT2D eigenvalue weighted by atomic mass is 10.0. The van der Waals surface area contributed by atoms with Crippen molar-refractivity contribution in [2.75, 3.05) is 0 Å². The number of hydrogen-bond acceptors (Lipinski definition) is 3. The fraction of sp³-hybridized carbons (Fsp3) is 0.556. The summed E-state index contributed by atoms with van der Waals surface area (Å²) in [4.78, 5) is 16.6. The van der Waals surface area contributed by atoms with E-state index >= 15 is 0 Å². The Kier molecular flexibility index (Phi) is 11.9. The van der Waals surface area contributed by atoms with Gasteiger partial charge in [-0.25, -0.2) is 0 Å². The molecule has 0 bridgehead atoms. The molecule has 30 heavy (non-hydrogen) atoms. The van der Waals surface area contributed by atoms with Gasteiger partial charge in [0.15, 0.2) is 11.5 Å². The van der Waals surface area contributed by atoms with Gasteiger partial charge in [0.1, 0.15) is 5.52 Å². The minimum atomic E-state index is 0.0117. The minimum Gasteiger partial charge on any atom is -0.505 e. The second kappa shape index (κ2) is 14.8. The molecule has 1 aromatic heterocycles. The first-order valence-electron chi connectivity index (χ1n) is 12.0. The van der Waals surface area contributed by atoms with Gasteiger partial charge in [0, 0.05) is 18.0 Å². The van der Waals surface area contributed by atoms with Gasteiger partial charge < -0.3 is 5.11 Å². The van der Waals surface area contributed by atoms with E-state index in [4.69, 9.17) is 0 Å². The van der Waals surface area contributed by atoms with Crippen LogP contribution in [0.15, 0.2) is 42.6 Å². The van der Waals surface area contributed by atoms with Crippen LogP contribution in [0, 0.1) is 0 Å². The summed E-state index contributed by atoms with van der Waals surface area (Å²) in [7, 11) is 0. The number of benzene rings is 1. The van der Waals surface area contributed by atoms with E-state index in [2.05, 4.69) is 24.1 Å². The molecule has 0 fully saturated rings. The number of rotatable bonds is 16. The number of phenolic OH excluding ortho intramolecular Hbond substituents is 1. The first-order chi connectivity index (χ1) is 14.7. The Morgan fingerprint density at radius 2 is 1.50 bits per heavy atom. The van der Waals surface area contributed by atoms with Crippen molar-refractivity contribution in [1.82, 2.24) is 4.98 Å². The third kappa shape index (κ3) is 8.69. The summed E-state index contributed by atoms with van der Waals surface area (Å²) in [5, 5.41) is 11.2. The molecule has 1 N–H and O–H groups in total. The topological polar surface area (TPSA) is 50.2 Å². The lowest BCUT2D eigenvalue weighted by Crippen LogP contribution is -2.00. The molecule has 0 radical (unpaired) electrons. The molecule has 164 valence electrons. The van der Waals surface area contributed by atoms with Crippen LogP contribution in [0.2, 0.25) is 0 Å². The maximum atomic E-state index is 12.4. The van der Waals surface area contributed by atoms with Crippen LogP contribution in [-0.2, 0) is 0 Å². The Morgan fingerprint density at radius 1 is 0.867 bits per heavy atom. The Balaban J connectivity index is 1.50. The number of pyridine rings is 1. The lowest BCUT2D eigenvalue weighted by Gasteiger charge is -2.06. The molecule has 0 amide bonds. The van der Waals surface area contributed by atoms with Crippen LogP contribution in [0.4, 0.5) is 0 Å². The van der Waals surface area contributed by atoms with Gasteiger partial charge in [-0.2, -0.15) is 0 Å². The normalized spacial score (nSPS) is 11.5. The molecule has 2 rings (SSSR count). The molecular weight excluding hydrogens is 370 g/mol. The van der Waals surface area contributed by atoms with Gasteiger partial charge in [-0.15, -0.1) is 0 Å². The average Bonchev–Trinajstić information content (AvgIpc) is 2.76. The second-order valence-corrected chi connectivity index (χ2v) is 8.29. The zero-order valence-electron chi connectivity index (χ0n) is 18.7. The van der Waals surface area contributed by atoms with E-state index in [9.17, 15) is 9.90 Å². The number of hydrogen-bond donors (Lipinski definition) is 1. The number of aromatic nitrogens is 1. The largest absolute Gasteiger partial charge is 0.505 e. The molecule has 0 aliphatic heterocycles. The highest BCUT2D eigenvalue weighted by atomic mass is 16.3. The van der Waals surface area contributed by atoms with Crippen LogP contribution < -0.4 is 0 Å². The number of carbonyl (C=O) groups is 1. The zero-order chi connectivity index (χ0) is 21.4. The van der Waals surface area contributed by atoms with Crippen molar-refractivity contribution in [1.29, 1.82) is 0 Å².